The summed E-state index contributed by atoms with van der Waals surface area (Å²) in [4.78, 5) is 14.0. The van der Waals surface area contributed by atoms with Crippen LogP contribution >= 0.6 is 11.3 Å². The highest BCUT2D eigenvalue weighted by atomic mass is 32.1. The first kappa shape index (κ1) is 16.2. The minimum Gasteiger partial charge on any atom is -0.381 e. The third-order valence-corrected chi connectivity index (χ3v) is 5.52. The van der Waals surface area contributed by atoms with Crippen LogP contribution in [0.3, 0.4) is 0 Å². The smallest absolute Gasteiger partial charge is 0.261 e. The SMILES string of the molecule is Cc1nn(-c2ccc(F)cc2)c2sc(C(=O)NC[C@H]3CCOC3)cc12. The third-order valence-electron chi connectivity index (χ3n) is 4.41. The zero-order chi connectivity index (χ0) is 17.4. The molecular weight excluding hydrogens is 341 g/mol. The number of nitrogens with one attached hydrogen (secondary N) is 1. The largest absolute Gasteiger partial charge is 0.381 e. The molecule has 1 aliphatic heterocycles. The lowest BCUT2D eigenvalue weighted by atomic mass is 10.1. The van der Waals surface area contributed by atoms with Crippen LogP contribution < -0.4 is 5.32 Å². The number of hydrogen-bond donors (Lipinski definition) is 1. The number of fused-ring (bicyclic) bond motifs is 1. The van der Waals surface area contributed by atoms with Gasteiger partial charge in [0.1, 0.15) is 10.6 Å². The number of amides is 1. The molecule has 25 heavy (non-hydrogen) atoms. The first-order valence-electron chi connectivity index (χ1n) is 8.23. The number of thiophene rings is 1. The number of halogens is 1. The van der Waals surface area contributed by atoms with Crippen molar-refractivity contribution in [3.05, 3.63) is 46.7 Å². The van der Waals surface area contributed by atoms with Gasteiger partial charge in [0.2, 0.25) is 0 Å². The molecule has 1 N–H and O–H groups in total. The molecule has 0 saturated carbocycles. The molecule has 5 nitrogen and oxygen atoms in total. The highest BCUT2D eigenvalue weighted by Gasteiger charge is 2.20. The predicted octanol–water partition coefficient (Wildman–Crippen LogP) is 3.30. The standard InChI is InChI=1S/C18H18FN3O2S/c1-11-15-8-16(17(23)20-9-12-6-7-24-10-12)25-18(15)22(21-11)14-4-2-13(19)3-5-14/h2-5,8,12H,6-7,9-10H2,1H3,(H,20,23)/t12-/m1/s1. The Kier molecular flexibility index (Phi) is 4.27. The van der Waals surface area contributed by atoms with Crippen molar-refractivity contribution in [1.82, 2.24) is 15.1 Å². The second-order valence-corrected chi connectivity index (χ2v) is 7.27. The summed E-state index contributed by atoms with van der Waals surface area (Å²) in [6.07, 6.45) is 0.991. The van der Waals surface area contributed by atoms with Crippen LogP contribution in [0.2, 0.25) is 0 Å². The summed E-state index contributed by atoms with van der Waals surface area (Å²) < 4.78 is 20.2. The molecule has 0 radical (unpaired) electrons. The normalized spacial score (nSPS) is 17.3. The molecule has 3 heterocycles. The minimum absolute atomic E-state index is 0.0712. The number of nitrogens with zero attached hydrogens (tertiary/aromatic N) is 2. The van der Waals surface area contributed by atoms with Gasteiger partial charge in [-0.3, -0.25) is 4.79 Å². The molecule has 7 heteroatoms. The Morgan fingerprint density at radius 2 is 2.24 bits per heavy atom. The molecule has 0 bridgehead atoms. The number of carbonyl (C=O) groups excluding carboxylic acids is 1. The molecule has 1 aliphatic rings. The maximum Gasteiger partial charge on any atom is 0.261 e. The van der Waals surface area contributed by atoms with E-state index in [2.05, 4.69) is 10.4 Å². The van der Waals surface area contributed by atoms with E-state index >= 15 is 0 Å². The van der Waals surface area contributed by atoms with Gasteiger partial charge in [-0.25, -0.2) is 9.07 Å². The number of rotatable bonds is 4. The lowest BCUT2D eigenvalue weighted by Gasteiger charge is -2.08. The third kappa shape index (κ3) is 3.17. The molecule has 0 aliphatic carbocycles. The molecular formula is C18H18FN3O2S. The van der Waals surface area contributed by atoms with Crippen molar-refractivity contribution in [3.8, 4) is 5.69 Å². The van der Waals surface area contributed by atoms with E-state index in [1.165, 1.54) is 23.5 Å². The molecule has 3 aromatic rings. The number of aryl methyl sites for hydroxylation is 1. The Morgan fingerprint density at radius 3 is 2.96 bits per heavy atom. The monoisotopic (exact) mass is 359 g/mol. The van der Waals surface area contributed by atoms with Gasteiger partial charge < -0.3 is 10.1 Å². The van der Waals surface area contributed by atoms with Gasteiger partial charge in [-0.15, -0.1) is 11.3 Å². The lowest BCUT2D eigenvalue weighted by molar-refractivity contribution is 0.0949. The number of ether oxygens (including phenoxy) is 1. The van der Waals surface area contributed by atoms with Crippen molar-refractivity contribution in [1.29, 1.82) is 0 Å². The van der Waals surface area contributed by atoms with Gasteiger partial charge >= 0.3 is 0 Å². The Balaban J connectivity index is 1.60. The maximum absolute atomic E-state index is 13.2. The molecule has 1 amide bonds. The molecule has 1 saturated heterocycles. The van der Waals surface area contributed by atoms with Crippen LogP contribution in [0.4, 0.5) is 4.39 Å². The van der Waals surface area contributed by atoms with Gasteiger partial charge in [0.15, 0.2) is 0 Å². The van der Waals surface area contributed by atoms with Crippen LogP contribution in [0.1, 0.15) is 21.8 Å². The van der Waals surface area contributed by atoms with Crippen LogP contribution in [0, 0.1) is 18.7 Å². The van der Waals surface area contributed by atoms with E-state index in [1.54, 1.807) is 16.8 Å². The zero-order valence-corrected chi connectivity index (χ0v) is 14.6. The lowest BCUT2D eigenvalue weighted by Crippen LogP contribution is -2.28. The quantitative estimate of drug-likeness (QED) is 0.778. The molecule has 0 unspecified atom stereocenters. The van der Waals surface area contributed by atoms with Crippen LogP contribution in [-0.2, 0) is 4.74 Å². The Hall–Kier alpha value is -2.25. The average molecular weight is 359 g/mol. The highest BCUT2D eigenvalue weighted by Crippen LogP contribution is 2.30. The Bertz CT molecular complexity index is 910. The summed E-state index contributed by atoms with van der Waals surface area (Å²) in [6, 6.07) is 8.05. The number of carbonyl (C=O) groups is 1. The highest BCUT2D eigenvalue weighted by molar-refractivity contribution is 7.20. The Morgan fingerprint density at radius 1 is 1.44 bits per heavy atom. The number of aromatic nitrogens is 2. The summed E-state index contributed by atoms with van der Waals surface area (Å²) >= 11 is 1.40. The van der Waals surface area contributed by atoms with Crippen molar-refractivity contribution in [2.45, 2.75) is 13.3 Å². The van der Waals surface area contributed by atoms with E-state index in [9.17, 15) is 9.18 Å². The summed E-state index contributed by atoms with van der Waals surface area (Å²) in [5.74, 6) is 0.0407. The van der Waals surface area contributed by atoms with Crippen LogP contribution in [0.25, 0.3) is 15.9 Å². The Labute approximate surface area is 148 Å². The molecule has 0 spiro atoms. The molecule has 2 aromatic heterocycles. The zero-order valence-electron chi connectivity index (χ0n) is 13.8. The van der Waals surface area contributed by atoms with E-state index in [0.717, 1.165) is 34.6 Å². The van der Waals surface area contributed by atoms with Crippen LogP contribution in [0.5, 0.6) is 0 Å². The molecule has 1 aromatic carbocycles. The maximum atomic E-state index is 13.2. The van der Waals surface area contributed by atoms with Crippen LogP contribution in [0.15, 0.2) is 30.3 Å². The topological polar surface area (TPSA) is 56.2 Å². The summed E-state index contributed by atoms with van der Waals surface area (Å²) in [7, 11) is 0. The predicted molar refractivity (Wildman–Crippen MR) is 94.9 cm³/mol. The molecule has 1 atom stereocenters. The van der Waals surface area contributed by atoms with Crippen LogP contribution in [-0.4, -0.2) is 35.4 Å². The van der Waals surface area contributed by atoms with Gasteiger partial charge in [0, 0.05) is 24.5 Å². The van der Waals surface area contributed by atoms with Crippen molar-refractivity contribution in [2.24, 2.45) is 5.92 Å². The number of hydrogen-bond acceptors (Lipinski definition) is 4. The van der Waals surface area contributed by atoms with E-state index < -0.39 is 0 Å². The number of benzene rings is 1. The molecule has 1 fully saturated rings. The van der Waals surface area contributed by atoms with E-state index in [0.29, 0.717) is 23.9 Å². The summed E-state index contributed by atoms with van der Waals surface area (Å²) in [6.45, 7) is 4.03. The van der Waals surface area contributed by atoms with E-state index in [-0.39, 0.29) is 11.7 Å². The minimum atomic E-state index is -0.286. The second-order valence-electron chi connectivity index (χ2n) is 6.24. The average Bonchev–Trinajstić information content (AvgIpc) is 3.32. The summed E-state index contributed by atoms with van der Waals surface area (Å²) in [5.41, 5.74) is 1.62. The first-order chi connectivity index (χ1) is 12.1. The van der Waals surface area contributed by atoms with Gasteiger partial charge in [-0.2, -0.15) is 5.10 Å². The van der Waals surface area contributed by atoms with Crippen molar-refractivity contribution in [2.75, 3.05) is 19.8 Å². The molecule has 4 rings (SSSR count). The fraction of sp³-hybridized carbons (Fsp3) is 0.333. The van der Waals surface area contributed by atoms with E-state index in [1.807, 2.05) is 13.0 Å². The van der Waals surface area contributed by atoms with Crippen molar-refractivity contribution >= 4 is 27.5 Å². The second kappa shape index (κ2) is 6.57. The fourth-order valence-corrected chi connectivity index (χ4v) is 4.08. The van der Waals surface area contributed by atoms with Gasteiger partial charge in [0.25, 0.3) is 5.91 Å². The van der Waals surface area contributed by atoms with Gasteiger partial charge in [0.05, 0.1) is 22.9 Å². The summed E-state index contributed by atoms with van der Waals surface area (Å²) in [5, 5.41) is 8.45. The van der Waals surface area contributed by atoms with Crippen molar-refractivity contribution in [3.63, 3.8) is 0 Å². The van der Waals surface area contributed by atoms with E-state index in [4.69, 9.17) is 4.74 Å². The fourth-order valence-electron chi connectivity index (χ4n) is 2.98. The van der Waals surface area contributed by atoms with Gasteiger partial charge in [-0.1, -0.05) is 0 Å². The first-order valence-corrected chi connectivity index (χ1v) is 9.04. The molecule has 130 valence electrons. The van der Waals surface area contributed by atoms with Gasteiger partial charge in [-0.05, 0) is 43.7 Å². The van der Waals surface area contributed by atoms with Crippen molar-refractivity contribution < 1.29 is 13.9 Å².